The number of fused-ring (bicyclic) bond motifs is 3. The van der Waals surface area contributed by atoms with Crippen molar-refractivity contribution in [3.05, 3.63) is 45.3 Å². The van der Waals surface area contributed by atoms with Gasteiger partial charge in [0, 0.05) is 31.1 Å². The van der Waals surface area contributed by atoms with Crippen molar-refractivity contribution in [1.82, 2.24) is 0 Å². The van der Waals surface area contributed by atoms with Gasteiger partial charge in [0.05, 0.1) is 0 Å². The van der Waals surface area contributed by atoms with Gasteiger partial charge < -0.3 is 11.5 Å². The van der Waals surface area contributed by atoms with Crippen molar-refractivity contribution in [3.8, 4) is 0 Å². The zero-order valence-electron chi connectivity index (χ0n) is 9.78. The SMILES string of the molecule is Cl.Nc1cc2c(N)cc(Br)cc2c2cc(Br)ccc12. The first-order valence-corrected chi connectivity index (χ1v) is 7.01. The Bertz CT molecular complexity index is 782. The van der Waals surface area contributed by atoms with Crippen molar-refractivity contribution in [2.75, 3.05) is 11.5 Å². The second-order valence-corrected chi connectivity index (χ2v) is 6.08. The van der Waals surface area contributed by atoms with E-state index in [0.29, 0.717) is 0 Å². The van der Waals surface area contributed by atoms with Crippen LogP contribution in [0.1, 0.15) is 0 Å². The van der Waals surface area contributed by atoms with Gasteiger partial charge >= 0.3 is 0 Å². The Balaban J connectivity index is 0.00000133. The van der Waals surface area contributed by atoms with E-state index in [1.54, 1.807) is 0 Å². The topological polar surface area (TPSA) is 52.0 Å². The predicted molar refractivity (Wildman–Crippen MR) is 92.9 cm³/mol. The number of halogens is 3. The van der Waals surface area contributed by atoms with Crippen molar-refractivity contribution in [3.63, 3.8) is 0 Å². The van der Waals surface area contributed by atoms with Gasteiger partial charge in [-0.15, -0.1) is 12.4 Å². The fraction of sp³-hybridized carbons (Fsp3) is 0. The van der Waals surface area contributed by atoms with Crippen LogP contribution in [0.4, 0.5) is 11.4 Å². The van der Waals surface area contributed by atoms with E-state index < -0.39 is 0 Å². The average Bonchev–Trinajstić information content (AvgIpc) is 2.31. The smallest absolute Gasteiger partial charge is 0.0406 e. The number of hydrogen-bond acceptors (Lipinski definition) is 2. The van der Waals surface area contributed by atoms with Gasteiger partial charge in [-0.3, -0.25) is 0 Å². The number of anilines is 2. The van der Waals surface area contributed by atoms with Gasteiger partial charge in [0.1, 0.15) is 0 Å². The highest BCUT2D eigenvalue weighted by atomic mass is 79.9. The van der Waals surface area contributed by atoms with E-state index in [1.165, 1.54) is 0 Å². The summed E-state index contributed by atoms with van der Waals surface area (Å²) in [6, 6.07) is 12.0. The molecule has 0 unspecified atom stereocenters. The number of benzene rings is 3. The maximum Gasteiger partial charge on any atom is 0.0406 e. The van der Waals surface area contributed by atoms with Crippen molar-refractivity contribution in [2.24, 2.45) is 0 Å². The van der Waals surface area contributed by atoms with Crippen LogP contribution in [0.3, 0.4) is 0 Å². The maximum atomic E-state index is 6.10. The van der Waals surface area contributed by atoms with Crippen LogP contribution in [0.25, 0.3) is 21.5 Å². The molecule has 5 heteroatoms. The highest BCUT2D eigenvalue weighted by Gasteiger charge is 2.08. The molecule has 2 nitrogen and oxygen atoms in total. The van der Waals surface area contributed by atoms with Gasteiger partial charge in [-0.1, -0.05) is 37.9 Å². The van der Waals surface area contributed by atoms with Crippen LogP contribution in [0.15, 0.2) is 45.3 Å². The summed E-state index contributed by atoms with van der Waals surface area (Å²) in [5.41, 5.74) is 13.6. The molecular weight excluding hydrogens is 391 g/mol. The van der Waals surface area contributed by atoms with Crippen molar-refractivity contribution in [2.45, 2.75) is 0 Å². The summed E-state index contributed by atoms with van der Waals surface area (Å²) in [5, 5.41) is 4.24. The molecule has 19 heavy (non-hydrogen) atoms. The van der Waals surface area contributed by atoms with Crippen LogP contribution in [-0.2, 0) is 0 Å². The molecule has 0 aliphatic heterocycles. The third-order valence-corrected chi connectivity index (χ3v) is 4.01. The summed E-state index contributed by atoms with van der Waals surface area (Å²) in [5.74, 6) is 0. The minimum absolute atomic E-state index is 0. The molecule has 0 aromatic heterocycles. The molecule has 0 saturated carbocycles. The average molecular weight is 403 g/mol. The Hall–Kier alpha value is -0.970. The van der Waals surface area contributed by atoms with Crippen molar-refractivity contribution < 1.29 is 0 Å². The van der Waals surface area contributed by atoms with E-state index in [2.05, 4.69) is 44.0 Å². The van der Waals surface area contributed by atoms with Gasteiger partial charge in [-0.05, 0) is 41.1 Å². The summed E-state index contributed by atoms with van der Waals surface area (Å²) in [4.78, 5) is 0. The van der Waals surface area contributed by atoms with E-state index >= 15 is 0 Å². The molecule has 0 radical (unpaired) electrons. The van der Waals surface area contributed by atoms with Crippen LogP contribution in [0.5, 0.6) is 0 Å². The minimum atomic E-state index is 0. The van der Waals surface area contributed by atoms with Crippen LogP contribution in [0.2, 0.25) is 0 Å². The van der Waals surface area contributed by atoms with Gasteiger partial charge in [-0.25, -0.2) is 0 Å². The van der Waals surface area contributed by atoms with E-state index in [4.69, 9.17) is 11.5 Å². The first-order chi connectivity index (χ1) is 8.56. The quantitative estimate of drug-likeness (QED) is 0.406. The van der Waals surface area contributed by atoms with Gasteiger partial charge in [0.2, 0.25) is 0 Å². The first-order valence-electron chi connectivity index (χ1n) is 5.43. The lowest BCUT2D eigenvalue weighted by molar-refractivity contribution is 1.68. The van der Waals surface area contributed by atoms with Crippen molar-refractivity contribution >= 4 is 77.2 Å². The molecule has 3 aromatic rings. The summed E-state index contributed by atoms with van der Waals surface area (Å²) >= 11 is 6.98. The molecule has 0 heterocycles. The number of hydrogen-bond donors (Lipinski definition) is 2. The predicted octanol–water partition coefficient (Wildman–Crippen LogP) is 5.10. The van der Waals surface area contributed by atoms with E-state index in [1.807, 2.05) is 24.3 Å². The molecule has 98 valence electrons. The standard InChI is InChI=1S/C14H10Br2N2.ClH/c15-7-1-2-9-10(3-7)11-4-8(16)5-13(17)12(11)6-14(9)18;/h1-6H,17-18H2;1H. The molecule has 0 spiro atoms. The molecule has 0 amide bonds. The largest absolute Gasteiger partial charge is 0.398 e. The normalized spacial score (nSPS) is 10.6. The number of nitrogens with two attached hydrogens (primary N) is 2. The van der Waals surface area contributed by atoms with Crippen LogP contribution >= 0.6 is 44.3 Å². The van der Waals surface area contributed by atoms with E-state index in [-0.39, 0.29) is 12.4 Å². The zero-order chi connectivity index (χ0) is 12.9. The Kier molecular flexibility index (Phi) is 3.95. The summed E-state index contributed by atoms with van der Waals surface area (Å²) in [7, 11) is 0. The Morgan fingerprint density at radius 1 is 0.632 bits per heavy atom. The van der Waals surface area contributed by atoms with Gasteiger partial charge in [-0.2, -0.15) is 0 Å². The van der Waals surface area contributed by atoms with Gasteiger partial charge in [0.25, 0.3) is 0 Å². The molecule has 0 aliphatic carbocycles. The van der Waals surface area contributed by atoms with Crippen LogP contribution < -0.4 is 11.5 Å². The maximum absolute atomic E-state index is 6.10. The second-order valence-electron chi connectivity index (χ2n) is 4.25. The fourth-order valence-electron chi connectivity index (χ4n) is 2.25. The molecule has 0 saturated heterocycles. The summed E-state index contributed by atoms with van der Waals surface area (Å²) < 4.78 is 2.00. The molecule has 3 aromatic carbocycles. The Morgan fingerprint density at radius 3 is 1.95 bits per heavy atom. The van der Waals surface area contributed by atoms with Crippen molar-refractivity contribution in [1.29, 1.82) is 0 Å². The summed E-state index contributed by atoms with van der Waals surface area (Å²) in [6.45, 7) is 0. The lowest BCUT2D eigenvalue weighted by Crippen LogP contribution is -1.92. The summed E-state index contributed by atoms with van der Waals surface area (Å²) in [6.07, 6.45) is 0. The lowest BCUT2D eigenvalue weighted by atomic mass is 9.99. The molecule has 0 fully saturated rings. The number of rotatable bonds is 0. The minimum Gasteiger partial charge on any atom is -0.398 e. The Morgan fingerprint density at radius 2 is 1.21 bits per heavy atom. The third kappa shape index (κ3) is 2.40. The third-order valence-electron chi connectivity index (χ3n) is 3.06. The van der Waals surface area contributed by atoms with Crippen LogP contribution in [0, 0.1) is 0 Å². The number of nitrogen functional groups attached to an aromatic ring is 2. The van der Waals surface area contributed by atoms with Gasteiger partial charge in [0.15, 0.2) is 0 Å². The second kappa shape index (κ2) is 5.19. The highest BCUT2D eigenvalue weighted by molar-refractivity contribution is 9.10. The Labute approximate surface area is 133 Å². The molecule has 4 N–H and O–H groups in total. The molecule has 3 rings (SSSR count). The molecule has 0 aliphatic rings. The molecule has 0 atom stereocenters. The zero-order valence-corrected chi connectivity index (χ0v) is 13.8. The lowest BCUT2D eigenvalue weighted by Gasteiger charge is -2.10. The monoisotopic (exact) mass is 400 g/mol. The highest BCUT2D eigenvalue weighted by Crippen LogP contribution is 2.36. The first kappa shape index (κ1) is 14.4. The fourth-order valence-corrected chi connectivity index (χ4v) is 3.08. The molecular formula is C14H11Br2ClN2. The van der Waals surface area contributed by atoms with Crippen LogP contribution in [-0.4, -0.2) is 0 Å². The molecule has 0 bridgehead atoms. The van der Waals surface area contributed by atoms with E-state index in [0.717, 1.165) is 41.9 Å². The van der Waals surface area contributed by atoms with E-state index in [9.17, 15) is 0 Å².